The number of aromatic nitrogens is 1. The quantitative estimate of drug-likeness (QED) is 0.786. The molecule has 0 unspecified atom stereocenters. The third-order valence-corrected chi connectivity index (χ3v) is 4.58. The van der Waals surface area contributed by atoms with Crippen LogP contribution in [-0.2, 0) is 16.0 Å². The van der Waals surface area contributed by atoms with Crippen LogP contribution < -0.4 is 0 Å². The number of rotatable bonds is 4. The summed E-state index contributed by atoms with van der Waals surface area (Å²) in [7, 11) is 0. The van der Waals surface area contributed by atoms with Crippen LogP contribution in [0.1, 0.15) is 56.1 Å². The Hall–Kier alpha value is -1.90. The predicted octanol–water partition coefficient (Wildman–Crippen LogP) is 4.39. The number of benzene rings is 1. The summed E-state index contributed by atoms with van der Waals surface area (Å²) < 4.78 is 5.08. The molecule has 0 N–H and O–H groups in total. The van der Waals surface area contributed by atoms with E-state index in [1.54, 1.807) is 0 Å². The van der Waals surface area contributed by atoms with Gasteiger partial charge in [-0.2, -0.15) is 0 Å². The summed E-state index contributed by atoms with van der Waals surface area (Å²) in [6.45, 7) is 2.26. The molecule has 0 aliphatic heterocycles. The molecule has 116 valence electrons. The summed E-state index contributed by atoms with van der Waals surface area (Å²) in [4.78, 5) is 16.4. The van der Waals surface area contributed by atoms with Gasteiger partial charge in [0.1, 0.15) is 0 Å². The van der Waals surface area contributed by atoms with Crippen molar-refractivity contribution in [2.75, 3.05) is 6.61 Å². The van der Waals surface area contributed by atoms with E-state index in [1.807, 2.05) is 19.2 Å². The molecule has 1 aromatic heterocycles. The summed E-state index contributed by atoms with van der Waals surface area (Å²) >= 11 is 0. The summed E-state index contributed by atoms with van der Waals surface area (Å²) in [5, 5.41) is 1.10. The number of carbonyl (C=O) groups is 1. The van der Waals surface area contributed by atoms with Crippen LogP contribution in [0.15, 0.2) is 30.5 Å². The maximum atomic E-state index is 11.8. The van der Waals surface area contributed by atoms with Gasteiger partial charge in [-0.05, 0) is 42.9 Å². The monoisotopic (exact) mass is 297 g/mol. The molecular weight excluding hydrogens is 274 g/mol. The van der Waals surface area contributed by atoms with Crippen molar-refractivity contribution in [1.82, 2.24) is 4.98 Å². The molecule has 3 heteroatoms. The van der Waals surface area contributed by atoms with Crippen molar-refractivity contribution in [3.8, 4) is 0 Å². The lowest BCUT2D eigenvalue weighted by Gasteiger charge is -2.23. The van der Waals surface area contributed by atoms with Gasteiger partial charge in [0.25, 0.3) is 0 Å². The van der Waals surface area contributed by atoms with Crippen molar-refractivity contribution in [1.29, 1.82) is 0 Å². The number of hydrogen-bond acceptors (Lipinski definition) is 3. The van der Waals surface area contributed by atoms with Gasteiger partial charge in [-0.15, -0.1) is 0 Å². The fourth-order valence-corrected chi connectivity index (χ4v) is 3.52. The Labute approximate surface area is 131 Å². The van der Waals surface area contributed by atoms with E-state index in [9.17, 15) is 4.79 Å². The smallest absolute Gasteiger partial charge is 0.310 e. The van der Waals surface area contributed by atoms with E-state index in [1.165, 1.54) is 37.7 Å². The first kappa shape index (κ1) is 15.0. The highest BCUT2D eigenvalue weighted by Crippen LogP contribution is 2.36. The molecule has 1 aliphatic rings. The van der Waals surface area contributed by atoms with Crippen molar-refractivity contribution in [3.63, 3.8) is 0 Å². The molecule has 3 nitrogen and oxygen atoms in total. The van der Waals surface area contributed by atoms with Crippen molar-refractivity contribution in [2.45, 2.75) is 51.4 Å². The molecule has 1 saturated carbocycles. The number of carbonyl (C=O) groups excluding carboxylic acids is 1. The van der Waals surface area contributed by atoms with Gasteiger partial charge in [-0.25, -0.2) is 0 Å². The van der Waals surface area contributed by atoms with Crippen molar-refractivity contribution in [3.05, 3.63) is 41.6 Å². The molecule has 3 rings (SSSR count). The zero-order chi connectivity index (χ0) is 15.4. The SMILES string of the molecule is CCOC(=O)Cc1ccnc2c(C3CCCCC3)cccc12. The van der Waals surface area contributed by atoms with E-state index >= 15 is 0 Å². The molecule has 0 spiro atoms. The van der Waals surface area contributed by atoms with Crippen LogP contribution in [0, 0.1) is 0 Å². The predicted molar refractivity (Wildman–Crippen MR) is 87.9 cm³/mol. The van der Waals surface area contributed by atoms with E-state index in [0.29, 0.717) is 18.9 Å². The van der Waals surface area contributed by atoms with Gasteiger partial charge in [-0.1, -0.05) is 37.5 Å². The number of nitrogens with zero attached hydrogens (tertiary/aromatic N) is 1. The number of ether oxygens (including phenoxy) is 1. The number of pyridine rings is 1. The Bertz CT molecular complexity index is 660. The minimum Gasteiger partial charge on any atom is -0.466 e. The Morgan fingerprint density at radius 2 is 2.05 bits per heavy atom. The number of para-hydroxylation sites is 1. The maximum Gasteiger partial charge on any atom is 0.310 e. The summed E-state index contributed by atoms with van der Waals surface area (Å²) in [5.74, 6) is 0.445. The fourth-order valence-electron chi connectivity index (χ4n) is 3.52. The molecule has 1 aromatic carbocycles. The third kappa shape index (κ3) is 3.13. The number of hydrogen-bond donors (Lipinski definition) is 0. The van der Waals surface area contributed by atoms with E-state index in [-0.39, 0.29) is 5.97 Å². The molecule has 0 atom stereocenters. The van der Waals surface area contributed by atoms with Crippen LogP contribution in [-0.4, -0.2) is 17.6 Å². The molecular formula is C19H23NO2. The molecule has 22 heavy (non-hydrogen) atoms. The maximum absolute atomic E-state index is 11.8. The van der Waals surface area contributed by atoms with E-state index in [0.717, 1.165) is 16.5 Å². The Kier molecular flexibility index (Phi) is 4.71. The zero-order valence-corrected chi connectivity index (χ0v) is 13.2. The lowest BCUT2D eigenvalue weighted by molar-refractivity contribution is -0.142. The highest BCUT2D eigenvalue weighted by molar-refractivity contribution is 5.88. The second kappa shape index (κ2) is 6.91. The van der Waals surface area contributed by atoms with E-state index in [4.69, 9.17) is 4.74 Å². The largest absolute Gasteiger partial charge is 0.466 e. The van der Waals surface area contributed by atoms with E-state index in [2.05, 4.69) is 23.2 Å². The minimum atomic E-state index is -0.168. The Morgan fingerprint density at radius 3 is 2.82 bits per heavy atom. The van der Waals surface area contributed by atoms with Crippen molar-refractivity contribution >= 4 is 16.9 Å². The summed E-state index contributed by atoms with van der Waals surface area (Å²) in [5.41, 5.74) is 3.43. The molecule has 0 radical (unpaired) electrons. The first-order valence-electron chi connectivity index (χ1n) is 8.31. The van der Waals surface area contributed by atoms with Gasteiger partial charge in [0.15, 0.2) is 0 Å². The standard InChI is InChI=1S/C19H23NO2/c1-2-22-18(21)13-15-11-12-20-19-16(9-6-10-17(15)19)14-7-4-3-5-8-14/h6,9-12,14H,2-5,7-8,13H2,1H3. The highest BCUT2D eigenvalue weighted by Gasteiger charge is 2.19. The lowest BCUT2D eigenvalue weighted by Crippen LogP contribution is -2.09. The Morgan fingerprint density at radius 1 is 1.23 bits per heavy atom. The number of fused-ring (bicyclic) bond motifs is 1. The number of esters is 1. The van der Waals surface area contributed by atoms with Gasteiger partial charge in [0.2, 0.25) is 0 Å². The molecule has 2 aromatic rings. The molecule has 0 saturated heterocycles. The second-order valence-electron chi connectivity index (χ2n) is 6.03. The molecule has 0 bridgehead atoms. The fraction of sp³-hybridized carbons (Fsp3) is 0.474. The third-order valence-electron chi connectivity index (χ3n) is 4.58. The van der Waals surface area contributed by atoms with Crippen LogP contribution in [0.2, 0.25) is 0 Å². The van der Waals surface area contributed by atoms with Gasteiger partial charge in [0.05, 0.1) is 18.5 Å². The first-order chi connectivity index (χ1) is 10.8. The van der Waals surface area contributed by atoms with Gasteiger partial charge < -0.3 is 4.74 Å². The van der Waals surface area contributed by atoms with E-state index < -0.39 is 0 Å². The first-order valence-corrected chi connectivity index (χ1v) is 8.31. The van der Waals surface area contributed by atoms with Crippen LogP contribution >= 0.6 is 0 Å². The molecule has 0 amide bonds. The minimum absolute atomic E-state index is 0.168. The van der Waals surface area contributed by atoms with Gasteiger partial charge >= 0.3 is 5.97 Å². The zero-order valence-electron chi connectivity index (χ0n) is 13.2. The highest BCUT2D eigenvalue weighted by atomic mass is 16.5. The van der Waals surface area contributed by atoms with Gasteiger partial charge in [-0.3, -0.25) is 9.78 Å². The van der Waals surface area contributed by atoms with Crippen LogP contribution in [0.25, 0.3) is 10.9 Å². The van der Waals surface area contributed by atoms with Crippen LogP contribution in [0.4, 0.5) is 0 Å². The second-order valence-corrected chi connectivity index (χ2v) is 6.03. The Balaban J connectivity index is 1.97. The molecule has 1 heterocycles. The van der Waals surface area contributed by atoms with Crippen molar-refractivity contribution < 1.29 is 9.53 Å². The average molecular weight is 297 g/mol. The van der Waals surface area contributed by atoms with Crippen LogP contribution in [0.3, 0.4) is 0 Å². The lowest BCUT2D eigenvalue weighted by atomic mass is 9.83. The topological polar surface area (TPSA) is 39.2 Å². The van der Waals surface area contributed by atoms with Crippen LogP contribution in [0.5, 0.6) is 0 Å². The normalized spacial score (nSPS) is 15.9. The molecule has 1 fully saturated rings. The van der Waals surface area contributed by atoms with Gasteiger partial charge in [0, 0.05) is 11.6 Å². The summed E-state index contributed by atoms with van der Waals surface area (Å²) in [6, 6.07) is 8.31. The van der Waals surface area contributed by atoms with Crippen molar-refractivity contribution in [2.24, 2.45) is 0 Å². The molecule has 1 aliphatic carbocycles. The summed E-state index contributed by atoms with van der Waals surface area (Å²) in [6.07, 6.45) is 8.62. The average Bonchev–Trinajstić information content (AvgIpc) is 2.56.